The maximum absolute atomic E-state index is 9.60. The largest absolute Gasteiger partial charge is 0.394 e. The van der Waals surface area contributed by atoms with E-state index < -0.39 is 0 Å². The highest BCUT2D eigenvalue weighted by atomic mass is 79.9. The fourth-order valence-electron chi connectivity index (χ4n) is 2.51. The predicted molar refractivity (Wildman–Crippen MR) is 75.6 cm³/mol. The summed E-state index contributed by atoms with van der Waals surface area (Å²) in [6, 6.07) is 1.88. The van der Waals surface area contributed by atoms with Gasteiger partial charge in [-0.25, -0.2) is 9.97 Å². The van der Waals surface area contributed by atoms with E-state index in [4.69, 9.17) is 0 Å². The van der Waals surface area contributed by atoms with Gasteiger partial charge < -0.3 is 10.4 Å². The molecule has 1 aliphatic carbocycles. The number of aliphatic hydroxyl groups is 1. The van der Waals surface area contributed by atoms with Gasteiger partial charge in [0.1, 0.15) is 16.2 Å². The highest BCUT2D eigenvalue weighted by Crippen LogP contribution is 2.32. The highest BCUT2D eigenvalue weighted by molar-refractivity contribution is 9.10. The summed E-state index contributed by atoms with van der Waals surface area (Å²) in [7, 11) is 0. The first-order valence-corrected chi connectivity index (χ1v) is 7.39. The molecule has 100 valence electrons. The standard InChI is InChI=1S/C13H20BrN3O/c1-2-5-11-15-10(14)8-12(16-11)17-13(9-18)6-3-4-7-13/h8,18H,2-7,9H2,1H3,(H,15,16,17). The van der Waals surface area contributed by atoms with Gasteiger partial charge in [-0.3, -0.25) is 0 Å². The Bertz CT molecular complexity index is 405. The second kappa shape index (κ2) is 5.97. The van der Waals surface area contributed by atoms with E-state index in [-0.39, 0.29) is 12.1 Å². The minimum absolute atomic E-state index is 0.164. The summed E-state index contributed by atoms with van der Waals surface area (Å²) in [5.41, 5.74) is -0.183. The zero-order valence-corrected chi connectivity index (χ0v) is 12.3. The fourth-order valence-corrected chi connectivity index (χ4v) is 2.93. The van der Waals surface area contributed by atoms with Gasteiger partial charge in [0.25, 0.3) is 0 Å². The van der Waals surface area contributed by atoms with Crippen molar-refractivity contribution in [1.29, 1.82) is 0 Å². The molecule has 2 rings (SSSR count). The molecule has 1 heterocycles. The van der Waals surface area contributed by atoms with E-state index in [9.17, 15) is 5.11 Å². The number of halogens is 1. The SMILES string of the molecule is CCCc1nc(Br)cc(NC2(CO)CCCC2)n1. The van der Waals surface area contributed by atoms with Crippen LogP contribution in [0.4, 0.5) is 5.82 Å². The Morgan fingerprint density at radius 1 is 1.39 bits per heavy atom. The lowest BCUT2D eigenvalue weighted by atomic mass is 9.99. The van der Waals surface area contributed by atoms with Gasteiger partial charge in [0.2, 0.25) is 0 Å². The lowest BCUT2D eigenvalue weighted by Gasteiger charge is -2.28. The smallest absolute Gasteiger partial charge is 0.132 e. The third-order valence-electron chi connectivity index (χ3n) is 3.47. The van der Waals surface area contributed by atoms with Crippen LogP contribution in [0, 0.1) is 0 Å². The molecule has 1 aromatic heterocycles. The van der Waals surface area contributed by atoms with Gasteiger partial charge in [0.05, 0.1) is 12.1 Å². The Balaban J connectivity index is 2.17. The molecule has 0 radical (unpaired) electrons. The quantitative estimate of drug-likeness (QED) is 0.821. The van der Waals surface area contributed by atoms with Gasteiger partial charge in [-0.05, 0) is 35.2 Å². The van der Waals surface area contributed by atoms with Gasteiger partial charge in [-0.2, -0.15) is 0 Å². The molecular formula is C13H20BrN3O. The Morgan fingerprint density at radius 3 is 2.72 bits per heavy atom. The van der Waals surface area contributed by atoms with Gasteiger partial charge in [-0.1, -0.05) is 19.8 Å². The molecule has 0 amide bonds. The van der Waals surface area contributed by atoms with Crippen LogP contribution in [0.25, 0.3) is 0 Å². The zero-order chi connectivity index (χ0) is 13.0. The molecule has 0 bridgehead atoms. The summed E-state index contributed by atoms with van der Waals surface area (Å²) in [5, 5.41) is 13.0. The number of hydrogen-bond acceptors (Lipinski definition) is 4. The summed E-state index contributed by atoms with van der Waals surface area (Å²) in [6.45, 7) is 2.28. The van der Waals surface area contributed by atoms with Gasteiger partial charge in [0, 0.05) is 12.5 Å². The number of nitrogens with one attached hydrogen (secondary N) is 1. The molecule has 18 heavy (non-hydrogen) atoms. The van der Waals surface area contributed by atoms with Crippen molar-refractivity contribution in [2.45, 2.75) is 51.0 Å². The summed E-state index contributed by atoms with van der Waals surface area (Å²) < 4.78 is 0.800. The summed E-state index contributed by atoms with van der Waals surface area (Å²) in [6.07, 6.45) is 6.26. The van der Waals surface area contributed by atoms with Crippen LogP contribution in [-0.4, -0.2) is 27.2 Å². The first kappa shape index (κ1) is 13.7. The number of rotatable bonds is 5. The Labute approximate surface area is 116 Å². The molecule has 2 N–H and O–H groups in total. The van der Waals surface area contributed by atoms with E-state index >= 15 is 0 Å². The van der Waals surface area contributed by atoms with Crippen LogP contribution < -0.4 is 5.32 Å². The van der Waals surface area contributed by atoms with Crippen LogP contribution in [0.3, 0.4) is 0 Å². The first-order chi connectivity index (χ1) is 8.67. The van der Waals surface area contributed by atoms with E-state index in [2.05, 4.69) is 38.1 Å². The van der Waals surface area contributed by atoms with Crippen molar-refractivity contribution in [3.63, 3.8) is 0 Å². The van der Waals surface area contributed by atoms with E-state index in [1.165, 1.54) is 12.8 Å². The molecule has 4 nitrogen and oxygen atoms in total. The number of aliphatic hydroxyl groups excluding tert-OH is 1. The number of aromatic nitrogens is 2. The number of anilines is 1. The van der Waals surface area contributed by atoms with E-state index in [1.807, 2.05) is 6.07 Å². The predicted octanol–water partition coefficient (Wildman–Crippen LogP) is 2.91. The van der Waals surface area contributed by atoms with Crippen LogP contribution in [0.2, 0.25) is 0 Å². The summed E-state index contributed by atoms with van der Waals surface area (Å²) in [5.74, 6) is 1.66. The second-order valence-electron chi connectivity index (χ2n) is 5.01. The van der Waals surface area contributed by atoms with E-state index in [0.29, 0.717) is 0 Å². The molecule has 0 unspecified atom stereocenters. The van der Waals surface area contributed by atoms with Gasteiger partial charge >= 0.3 is 0 Å². The van der Waals surface area contributed by atoms with E-state index in [1.54, 1.807) is 0 Å². The summed E-state index contributed by atoms with van der Waals surface area (Å²) in [4.78, 5) is 8.87. The zero-order valence-electron chi connectivity index (χ0n) is 10.7. The third-order valence-corrected chi connectivity index (χ3v) is 3.88. The number of nitrogens with zero attached hydrogens (tertiary/aromatic N) is 2. The molecule has 0 spiro atoms. The first-order valence-electron chi connectivity index (χ1n) is 6.60. The van der Waals surface area contributed by atoms with Crippen LogP contribution in [0.1, 0.15) is 44.9 Å². The lowest BCUT2D eigenvalue weighted by Crippen LogP contribution is -2.39. The van der Waals surface area contributed by atoms with Gasteiger partial charge in [0.15, 0.2) is 0 Å². The number of aryl methyl sites for hydroxylation is 1. The molecule has 0 aliphatic heterocycles. The van der Waals surface area contributed by atoms with Crippen LogP contribution >= 0.6 is 15.9 Å². The monoisotopic (exact) mass is 313 g/mol. The average Bonchev–Trinajstić information content (AvgIpc) is 2.78. The van der Waals surface area contributed by atoms with Crippen LogP contribution in [0.5, 0.6) is 0 Å². The van der Waals surface area contributed by atoms with Crippen molar-refractivity contribution in [2.24, 2.45) is 0 Å². The molecule has 5 heteroatoms. The minimum Gasteiger partial charge on any atom is -0.394 e. The Morgan fingerprint density at radius 2 is 2.11 bits per heavy atom. The Hall–Kier alpha value is -0.680. The molecule has 1 aromatic rings. The molecule has 0 saturated heterocycles. The normalized spacial score (nSPS) is 17.9. The Kier molecular flexibility index (Phi) is 4.56. The summed E-state index contributed by atoms with van der Waals surface area (Å²) >= 11 is 3.42. The lowest BCUT2D eigenvalue weighted by molar-refractivity contribution is 0.213. The van der Waals surface area contributed by atoms with Crippen molar-refractivity contribution < 1.29 is 5.11 Å². The fraction of sp³-hybridized carbons (Fsp3) is 0.692. The molecular weight excluding hydrogens is 294 g/mol. The average molecular weight is 314 g/mol. The molecule has 0 aromatic carbocycles. The van der Waals surface area contributed by atoms with Gasteiger partial charge in [-0.15, -0.1) is 0 Å². The van der Waals surface area contributed by atoms with Crippen molar-refractivity contribution in [1.82, 2.24) is 9.97 Å². The molecule has 0 atom stereocenters. The minimum atomic E-state index is -0.183. The van der Waals surface area contributed by atoms with Crippen LogP contribution in [-0.2, 0) is 6.42 Å². The molecule has 1 fully saturated rings. The van der Waals surface area contributed by atoms with Crippen molar-refractivity contribution in [2.75, 3.05) is 11.9 Å². The maximum atomic E-state index is 9.60. The van der Waals surface area contributed by atoms with Crippen molar-refractivity contribution in [3.05, 3.63) is 16.5 Å². The molecule has 1 saturated carbocycles. The van der Waals surface area contributed by atoms with Crippen molar-refractivity contribution in [3.8, 4) is 0 Å². The van der Waals surface area contributed by atoms with E-state index in [0.717, 1.165) is 41.9 Å². The second-order valence-corrected chi connectivity index (χ2v) is 5.83. The molecule has 1 aliphatic rings. The van der Waals surface area contributed by atoms with Crippen LogP contribution in [0.15, 0.2) is 10.7 Å². The highest BCUT2D eigenvalue weighted by Gasteiger charge is 2.33. The number of hydrogen-bond donors (Lipinski definition) is 2. The maximum Gasteiger partial charge on any atom is 0.132 e. The van der Waals surface area contributed by atoms with Crippen molar-refractivity contribution >= 4 is 21.7 Å². The topological polar surface area (TPSA) is 58.0 Å². The third kappa shape index (κ3) is 3.20.